The normalized spacial score (nSPS) is 16.6. The van der Waals surface area contributed by atoms with Crippen LogP contribution in [0.2, 0.25) is 0 Å². The summed E-state index contributed by atoms with van der Waals surface area (Å²) in [5.74, 6) is -0.128. The fourth-order valence-electron chi connectivity index (χ4n) is 2.27. The number of aromatic hydroxyl groups is 1. The third kappa shape index (κ3) is 3.99. The molecule has 8 heteroatoms. The highest BCUT2D eigenvalue weighted by atomic mass is 32.1. The molecule has 1 aromatic heterocycles. The van der Waals surface area contributed by atoms with Crippen LogP contribution in [0.15, 0.2) is 9.79 Å². The number of nitrogens with one attached hydrogen (secondary N) is 2. The first-order valence-electron chi connectivity index (χ1n) is 7.12. The standard InChI is InChI=1S/C13H21N5O2S/c1-2-18-12(20)10(11(19)16-13(18)21)9-15-5-8-17-6-3-14-4-7-17/h9,14,20H,2-8H2,1H3,(H,16,19,21). The zero-order valence-electron chi connectivity index (χ0n) is 12.1. The molecule has 0 radical (unpaired) electrons. The third-order valence-electron chi connectivity index (χ3n) is 3.50. The molecule has 7 nitrogen and oxygen atoms in total. The number of rotatable bonds is 5. The van der Waals surface area contributed by atoms with Crippen LogP contribution < -0.4 is 10.9 Å². The van der Waals surface area contributed by atoms with Gasteiger partial charge in [0.15, 0.2) is 4.77 Å². The highest BCUT2D eigenvalue weighted by Crippen LogP contribution is 2.10. The quantitative estimate of drug-likeness (QED) is 0.525. The third-order valence-corrected chi connectivity index (χ3v) is 3.82. The van der Waals surface area contributed by atoms with Crippen LogP contribution in [0.4, 0.5) is 0 Å². The zero-order valence-corrected chi connectivity index (χ0v) is 12.9. The first-order valence-corrected chi connectivity index (χ1v) is 7.53. The molecule has 0 atom stereocenters. The molecule has 2 heterocycles. The summed E-state index contributed by atoms with van der Waals surface area (Å²) in [6.07, 6.45) is 1.43. The van der Waals surface area contributed by atoms with Crippen molar-refractivity contribution in [3.63, 3.8) is 0 Å². The van der Waals surface area contributed by atoms with Crippen LogP contribution in [0.5, 0.6) is 5.88 Å². The van der Waals surface area contributed by atoms with Gasteiger partial charge in [0, 0.05) is 45.5 Å². The molecule has 1 fully saturated rings. The topological polar surface area (TPSA) is 85.7 Å². The Labute approximate surface area is 128 Å². The monoisotopic (exact) mass is 311 g/mol. The van der Waals surface area contributed by atoms with Gasteiger partial charge in [0.05, 0.1) is 6.54 Å². The Bertz CT molecular complexity index is 616. The van der Waals surface area contributed by atoms with E-state index in [2.05, 4.69) is 20.2 Å². The van der Waals surface area contributed by atoms with Crippen molar-refractivity contribution in [3.8, 4) is 5.88 Å². The molecule has 1 aliphatic rings. The Balaban J connectivity index is 2.03. The maximum atomic E-state index is 11.8. The van der Waals surface area contributed by atoms with Gasteiger partial charge >= 0.3 is 0 Å². The first-order chi connectivity index (χ1) is 10.1. The molecule has 0 saturated carbocycles. The Hall–Kier alpha value is -1.51. The predicted molar refractivity (Wildman–Crippen MR) is 85.0 cm³/mol. The largest absolute Gasteiger partial charge is 0.494 e. The van der Waals surface area contributed by atoms with Crippen molar-refractivity contribution in [2.75, 3.05) is 39.3 Å². The Morgan fingerprint density at radius 1 is 1.43 bits per heavy atom. The maximum Gasteiger partial charge on any atom is 0.264 e. The summed E-state index contributed by atoms with van der Waals surface area (Å²) in [4.78, 5) is 20.9. The van der Waals surface area contributed by atoms with Gasteiger partial charge in [0.25, 0.3) is 5.56 Å². The van der Waals surface area contributed by atoms with Gasteiger partial charge in [0.2, 0.25) is 5.88 Å². The minimum Gasteiger partial charge on any atom is -0.494 e. The number of hydrogen-bond acceptors (Lipinski definition) is 6. The van der Waals surface area contributed by atoms with Crippen LogP contribution in [0, 0.1) is 4.77 Å². The highest BCUT2D eigenvalue weighted by molar-refractivity contribution is 7.71. The molecule has 1 aromatic rings. The molecule has 0 unspecified atom stereocenters. The smallest absolute Gasteiger partial charge is 0.264 e. The van der Waals surface area contributed by atoms with Gasteiger partial charge in [-0.15, -0.1) is 0 Å². The minimum atomic E-state index is -0.409. The first kappa shape index (κ1) is 15.9. The molecule has 0 aliphatic carbocycles. The molecule has 3 N–H and O–H groups in total. The molecule has 1 aliphatic heterocycles. The summed E-state index contributed by atoms with van der Waals surface area (Å²) in [6, 6.07) is 0. The van der Waals surface area contributed by atoms with E-state index in [4.69, 9.17) is 12.2 Å². The molecule has 21 heavy (non-hydrogen) atoms. The number of aromatic nitrogens is 2. The summed E-state index contributed by atoms with van der Waals surface area (Å²) in [7, 11) is 0. The Morgan fingerprint density at radius 2 is 2.14 bits per heavy atom. The van der Waals surface area contributed by atoms with E-state index >= 15 is 0 Å². The average molecular weight is 311 g/mol. The van der Waals surface area contributed by atoms with Gasteiger partial charge in [-0.05, 0) is 19.1 Å². The van der Waals surface area contributed by atoms with Crippen LogP contribution in [0.3, 0.4) is 0 Å². The second-order valence-corrected chi connectivity index (χ2v) is 5.25. The fraction of sp³-hybridized carbons (Fsp3) is 0.615. The van der Waals surface area contributed by atoms with Gasteiger partial charge in [-0.25, -0.2) is 0 Å². The van der Waals surface area contributed by atoms with Crippen molar-refractivity contribution in [2.45, 2.75) is 13.5 Å². The number of aliphatic imine (C=N–C) groups is 1. The average Bonchev–Trinajstić information content (AvgIpc) is 2.47. The highest BCUT2D eigenvalue weighted by Gasteiger charge is 2.10. The van der Waals surface area contributed by atoms with E-state index in [1.165, 1.54) is 10.8 Å². The van der Waals surface area contributed by atoms with Gasteiger partial charge in [-0.3, -0.25) is 24.2 Å². The van der Waals surface area contributed by atoms with Crippen LogP contribution in [-0.4, -0.2) is 65.0 Å². The number of aromatic amines is 1. The molecular weight excluding hydrogens is 290 g/mol. The molecule has 0 aromatic carbocycles. The molecule has 2 rings (SSSR count). The van der Waals surface area contributed by atoms with E-state index in [0.717, 1.165) is 32.7 Å². The molecule has 0 spiro atoms. The van der Waals surface area contributed by atoms with Crippen LogP contribution in [0.25, 0.3) is 0 Å². The molecule has 116 valence electrons. The maximum absolute atomic E-state index is 11.8. The van der Waals surface area contributed by atoms with E-state index in [1.807, 2.05) is 6.92 Å². The van der Waals surface area contributed by atoms with Crippen molar-refractivity contribution in [3.05, 3.63) is 20.7 Å². The summed E-state index contributed by atoms with van der Waals surface area (Å²) < 4.78 is 1.69. The molecule has 0 amide bonds. The van der Waals surface area contributed by atoms with Crippen molar-refractivity contribution in [1.82, 2.24) is 19.8 Å². The van der Waals surface area contributed by atoms with Crippen LogP contribution in [-0.2, 0) is 6.54 Å². The van der Waals surface area contributed by atoms with Crippen molar-refractivity contribution in [1.29, 1.82) is 0 Å². The summed E-state index contributed by atoms with van der Waals surface area (Å²) in [5.41, 5.74) is -0.251. The lowest BCUT2D eigenvalue weighted by Crippen LogP contribution is -2.44. The number of H-pyrrole nitrogens is 1. The van der Waals surface area contributed by atoms with Crippen LogP contribution >= 0.6 is 12.2 Å². The van der Waals surface area contributed by atoms with Gasteiger partial charge < -0.3 is 10.4 Å². The summed E-state index contributed by atoms with van der Waals surface area (Å²) >= 11 is 5.00. The van der Waals surface area contributed by atoms with Gasteiger partial charge in [-0.2, -0.15) is 0 Å². The van der Waals surface area contributed by atoms with E-state index in [-0.39, 0.29) is 16.2 Å². The molecule has 1 saturated heterocycles. The van der Waals surface area contributed by atoms with E-state index < -0.39 is 5.56 Å². The number of hydrogen-bond donors (Lipinski definition) is 3. The summed E-state index contributed by atoms with van der Waals surface area (Å²) in [5, 5.41) is 13.4. The van der Waals surface area contributed by atoms with E-state index in [1.54, 1.807) is 0 Å². The Morgan fingerprint density at radius 3 is 2.81 bits per heavy atom. The minimum absolute atomic E-state index is 0.128. The number of nitrogens with zero attached hydrogens (tertiary/aromatic N) is 3. The van der Waals surface area contributed by atoms with Crippen molar-refractivity contribution < 1.29 is 5.11 Å². The lowest BCUT2D eigenvalue weighted by Gasteiger charge is -2.26. The van der Waals surface area contributed by atoms with Crippen LogP contribution in [0.1, 0.15) is 12.5 Å². The lowest BCUT2D eigenvalue weighted by atomic mass is 10.3. The van der Waals surface area contributed by atoms with Crippen molar-refractivity contribution in [2.24, 2.45) is 4.99 Å². The zero-order chi connectivity index (χ0) is 15.2. The fourth-order valence-corrected chi connectivity index (χ4v) is 2.58. The molecule has 0 bridgehead atoms. The predicted octanol–water partition coefficient (Wildman–Crippen LogP) is -0.0445. The lowest BCUT2D eigenvalue weighted by molar-refractivity contribution is 0.248. The molecular formula is C13H21N5O2S. The van der Waals surface area contributed by atoms with Crippen molar-refractivity contribution >= 4 is 18.4 Å². The second-order valence-electron chi connectivity index (χ2n) is 4.87. The second kappa shape index (κ2) is 7.48. The SMILES string of the molecule is CCn1c(O)c(C=NCCN2CCNCC2)c(=O)[nH]c1=S. The van der Waals surface area contributed by atoms with Gasteiger partial charge in [-0.1, -0.05) is 0 Å². The van der Waals surface area contributed by atoms with E-state index in [9.17, 15) is 9.90 Å². The summed E-state index contributed by atoms with van der Waals surface area (Å²) in [6.45, 7) is 7.82. The number of piperazine rings is 1. The Kier molecular flexibility index (Phi) is 5.66. The van der Waals surface area contributed by atoms with Gasteiger partial charge in [0.1, 0.15) is 5.56 Å². The van der Waals surface area contributed by atoms with E-state index in [0.29, 0.717) is 13.1 Å².